The van der Waals surface area contributed by atoms with Crippen LogP contribution in [0.5, 0.6) is 0 Å². The van der Waals surface area contributed by atoms with Crippen molar-refractivity contribution in [3.63, 3.8) is 0 Å². The number of rotatable bonds is 8. The van der Waals surface area contributed by atoms with Crippen molar-refractivity contribution in [3.8, 4) is 0 Å². The molecule has 2 aromatic heterocycles. The number of nitrogens with one attached hydrogen (secondary N) is 2. The first-order chi connectivity index (χ1) is 16.1. The zero-order valence-electron chi connectivity index (χ0n) is 18.8. The molecule has 1 aliphatic rings. The second kappa shape index (κ2) is 11.4. The van der Waals surface area contributed by atoms with Crippen LogP contribution in [0, 0.1) is 0 Å². The molecule has 4 rings (SSSR count). The molecule has 1 saturated carbocycles. The van der Waals surface area contributed by atoms with E-state index in [2.05, 4.69) is 49.0 Å². The fourth-order valence-corrected chi connectivity index (χ4v) is 4.59. The van der Waals surface area contributed by atoms with Crippen molar-refractivity contribution in [3.05, 3.63) is 65.3 Å². The Bertz CT molecular complexity index is 1050. The van der Waals surface area contributed by atoms with Gasteiger partial charge in [-0.2, -0.15) is 0 Å². The number of aromatic nitrogens is 4. The first-order valence-corrected chi connectivity index (χ1v) is 12.2. The van der Waals surface area contributed by atoms with Crippen LogP contribution in [0.25, 0.3) is 12.2 Å². The van der Waals surface area contributed by atoms with Crippen molar-refractivity contribution in [2.24, 2.45) is 0 Å². The largest absolute Gasteiger partial charge is 0.351 e. The summed E-state index contributed by atoms with van der Waals surface area (Å²) < 4.78 is 3.16. The summed E-state index contributed by atoms with van der Waals surface area (Å²) in [6, 6.07) is 8.78. The van der Waals surface area contributed by atoms with Gasteiger partial charge in [0.2, 0.25) is 5.95 Å². The lowest BCUT2D eigenvalue weighted by Crippen LogP contribution is -2.36. The molecule has 0 amide bonds. The lowest BCUT2D eigenvalue weighted by atomic mass is 9.91. The molecule has 0 unspecified atom stereocenters. The molecule has 1 fully saturated rings. The Labute approximate surface area is 204 Å². The number of hydrogen-bond donors (Lipinski definition) is 2. The average Bonchev–Trinajstić information content (AvgIpc) is 2.84. The molecule has 9 heteroatoms. The Kier molecular flexibility index (Phi) is 8.15. The van der Waals surface area contributed by atoms with E-state index in [4.69, 9.17) is 11.6 Å². The number of hydrogen-bond acceptors (Lipinski definition) is 8. The van der Waals surface area contributed by atoms with Gasteiger partial charge in [-0.05, 0) is 76.0 Å². The minimum atomic E-state index is 0.445. The van der Waals surface area contributed by atoms with Crippen molar-refractivity contribution in [1.82, 2.24) is 24.8 Å². The van der Waals surface area contributed by atoms with Gasteiger partial charge in [0.05, 0.1) is 23.1 Å². The molecule has 0 saturated heterocycles. The molecular formula is C24H28ClN7S. The lowest BCUT2D eigenvalue weighted by Gasteiger charge is -2.32. The summed E-state index contributed by atoms with van der Waals surface area (Å²) in [7, 11) is 4.32. The Balaban J connectivity index is 1.26. The molecule has 172 valence electrons. The molecule has 2 heterocycles. The lowest BCUT2D eigenvalue weighted by molar-refractivity contribution is 0.221. The summed E-state index contributed by atoms with van der Waals surface area (Å²) >= 11 is 7.57. The van der Waals surface area contributed by atoms with Crippen LogP contribution >= 0.6 is 23.5 Å². The normalized spacial score (nSPS) is 18.5. The van der Waals surface area contributed by atoms with Crippen LogP contribution < -0.4 is 10.0 Å². The molecule has 1 aromatic carbocycles. The quantitative estimate of drug-likeness (QED) is 0.408. The van der Waals surface area contributed by atoms with E-state index < -0.39 is 0 Å². The van der Waals surface area contributed by atoms with Gasteiger partial charge in [-0.15, -0.1) is 0 Å². The van der Waals surface area contributed by atoms with E-state index in [1.807, 2.05) is 48.8 Å². The van der Waals surface area contributed by atoms with Gasteiger partial charge < -0.3 is 14.9 Å². The van der Waals surface area contributed by atoms with Gasteiger partial charge in [0.25, 0.3) is 0 Å². The first-order valence-electron chi connectivity index (χ1n) is 11.0. The van der Waals surface area contributed by atoms with E-state index in [0.717, 1.165) is 29.0 Å². The zero-order chi connectivity index (χ0) is 23.0. The van der Waals surface area contributed by atoms with E-state index in [1.54, 1.807) is 12.4 Å². The Morgan fingerprint density at radius 2 is 1.70 bits per heavy atom. The number of anilines is 2. The molecule has 3 aromatic rings. The van der Waals surface area contributed by atoms with E-state index in [1.165, 1.54) is 24.8 Å². The monoisotopic (exact) mass is 481 g/mol. The molecule has 0 atom stereocenters. The molecule has 2 N–H and O–H groups in total. The predicted molar refractivity (Wildman–Crippen MR) is 137 cm³/mol. The highest BCUT2D eigenvalue weighted by atomic mass is 35.5. The maximum Gasteiger partial charge on any atom is 0.222 e. The highest BCUT2D eigenvalue weighted by Crippen LogP contribution is 2.27. The van der Waals surface area contributed by atoms with E-state index in [0.29, 0.717) is 28.9 Å². The van der Waals surface area contributed by atoms with Crippen LogP contribution in [-0.2, 0) is 0 Å². The second-order valence-corrected chi connectivity index (χ2v) is 9.50. The van der Waals surface area contributed by atoms with Crippen LogP contribution in [0.1, 0.15) is 36.9 Å². The van der Waals surface area contributed by atoms with Crippen molar-refractivity contribution >= 4 is 47.5 Å². The van der Waals surface area contributed by atoms with Crippen LogP contribution in [0.15, 0.2) is 53.9 Å². The topological polar surface area (TPSA) is 78.9 Å². The van der Waals surface area contributed by atoms with Gasteiger partial charge in [-0.1, -0.05) is 23.7 Å². The zero-order valence-corrected chi connectivity index (χ0v) is 20.4. The van der Waals surface area contributed by atoms with Crippen molar-refractivity contribution < 1.29 is 0 Å². The van der Waals surface area contributed by atoms with Crippen LogP contribution in [0.2, 0.25) is 5.02 Å². The summed E-state index contributed by atoms with van der Waals surface area (Å²) in [6.45, 7) is 0. The third-order valence-corrected chi connectivity index (χ3v) is 6.98. The van der Waals surface area contributed by atoms with E-state index in [-0.39, 0.29) is 0 Å². The molecule has 33 heavy (non-hydrogen) atoms. The third kappa shape index (κ3) is 6.90. The average molecular weight is 482 g/mol. The van der Waals surface area contributed by atoms with Gasteiger partial charge in [0, 0.05) is 34.9 Å². The molecule has 0 radical (unpaired) electrons. The summed E-state index contributed by atoms with van der Waals surface area (Å²) in [5, 5.41) is 4.17. The molecule has 0 bridgehead atoms. The van der Waals surface area contributed by atoms with E-state index in [9.17, 15) is 0 Å². The molecule has 7 nitrogen and oxygen atoms in total. The van der Waals surface area contributed by atoms with E-state index >= 15 is 0 Å². The maximum atomic E-state index is 6.17. The van der Waals surface area contributed by atoms with Crippen LogP contribution in [0.4, 0.5) is 11.8 Å². The standard InChI is InChI=1S/C24H28ClN7S/c1-32(2)20-11-9-18(10-12-20)30-24-28-13-17(14-29-24)7-8-19-15-27-23(16-26-19)31-33-22-6-4-3-5-21(22)25/h3-8,13-16,18,20H,9-12H2,1-2H3,(H,27,31)(H,28,29,30)/b8-7+/t18-,20-. The van der Waals surface area contributed by atoms with Gasteiger partial charge >= 0.3 is 0 Å². The fourth-order valence-electron chi connectivity index (χ4n) is 3.71. The third-order valence-electron chi connectivity index (χ3n) is 5.65. The van der Waals surface area contributed by atoms with Gasteiger partial charge in [-0.3, -0.25) is 4.98 Å². The highest BCUT2D eigenvalue weighted by Gasteiger charge is 2.22. The summed E-state index contributed by atoms with van der Waals surface area (Å²) in [4.78, 5) is 21.0. The second-order valence-electron chi connectivity index (χ2n) is 8.25. The number of nitrogens with zero attached hydrogens (tertiary/aromatic N) is 5. The van der Waals surface area contributed by atoms with Gasteiger partial charge in [0.1, 0.15) is 0 Å². The van der Waals surface area contributed by atoms with Gasteiger partial charge in [-0.25, -0.2) is 15.0 Å². The van der Waals surface area contributed by atoms with Crippen LogP contribution in [-0.4, -0.2) is 51.0 Å². The number of halogens is 1. The van der Waals surface area contributed by atoms with Crippen molar-refractivity contribution in [2.45, 2.75) is 42.7 Å². The van der Waals surface area contributed by atoms with Crippen molar-refractivity contribution in [1.29, 1.82) is 0 Å². The molecule has 0 spiro atoms. The summed E-state index contributed by atoms with van der Waals surface area (Å²) in [5.41, 5.74) is 1.67. The summed E-state index contributed by atoms with van der Waals surface area (Å²) in [6.07, 6.45) is 15.6. The van der Waals surface area contributed by atoms with Crippen molar-refractivity contribution in [2.75, 3.05) is 24.1 Å². The smallest absolute Gasteiger partial charge is 0.222 e. The predicted octanol–water partition coefficient (Wildman–Crippen LogP) is 5.49. The Morgan fingerprint density at radius 1 is 0.939 bits per heavy atom. The highest BCUT2D eigenvalue weighted by molar-refractivity contribution is 8.00. The Morgan fingerprint density at radius 3 is 2.36 bits per heavy atom. The molecule has 0 aliphatic heterocycles. The number of benzene rings is 1. The minimum Gasteiger partial charge on any atom is -0.351 e. The fraction of sp³-hybridized carbons (Fsp3) is 0.333. The minimum absolute atomic E-state index is 0.445. The Hall–Kier alpha value is -2.68. The maximum absolute atomic E-state index is 6.17. The summed E-state index contributed by atoms with van der Waals surface area (Å²) in [5.74, 6) is 1.35. The molecular weight excluding hydrogens is 454 g/mol. The first kappa shape index (κ1) is 23.5. The SMILES string of the molecule is CN(C)[C@H]1CC[C@H](Nc2ncc(/C=C/c3cnc(NSc4ccccc4Cl)cn3)cn2)CC1. The van der Waals surface area contributed by atoms with Gasteiger partial charge in [0.15, 0.2) is 5.82 Å². The molecule has 1 aliphatic carbocycles. The van der Waals surface area contributed by atoms with Crippen LogP contribution in [0.3, 0.4) is 0 Å².